The predicted molar refractivity (Wildman–Crippen MR) is 134 cm³/mol. The Hall–Kier alpha value is -3.77. The van der Waals surface area contributed by atoms with E-state index in [9.17, 15) is 23.9 Å². The number of amides is 1. The zero-order chi connectivity index (χ0) is 27.7. The van der Waals surface area contributed by atoms with E-state index in [0.717, 1.165) is 11.0 Å². The van der Waals surface area contributed by atoms with E-state index >= 15 is 0 Å². The van der Waals surface area contributed by atoms with E-state index in [2.05, 4.69) is 15.6 Å². The monoisotopic (exact) mass is 550 g/mol. The molecule has 0 spiro atoms. The van der Waals surface area contributed by atoms with Gasteiger partial charge in [-0.3, -0.25) is 9.59 Å². The van der Waals surface area contributed by atoms with E-state index in [0.29, 0.717) is 28.2 Å². The number of aliphatic carboxylic acids is 1. The number of alkyl halides is 1. The number of aliphatic hydroxyl groups is 1. The molecule has 0 saturated heterocycles. The number of aromatic nitrogens is 3. The van der Waals surface area contributed by atoms with E-state index < -0.39 is 43.0 Å². The second kappa shape index (κ2) is 13.7. The van der Waals surface area contributed by atoms with Gasteiger partial charge in [0.15, 0.2) is 11.8 Å². The number of esters is 1. The molecule has 1 heterocycles. The number of hydrogen-bond acceptors (Lipinski definition) is 8. The number of carboxylic acids is 1. The molecular weight excluding hydrogens is 523 g/mol. The molecule has 0 radical (unpaired) electrons. The summed E-state index contributed by atoms with van der Waals surface area (Å²) in [7, 11) is 0. The van der Waals surface area contributed by atoms with Crippen molar-refractivity contribution in [2.24, 2.45) is 0 Å². The number of carboxylic acid groups (broad SMARTS) is 1. The fourth-order valence-corrected chi connectivity index (χ4v) is 3.89. The molecule has 1 unspecified atom stereocenters. The molecule has 3 rings (SSSR count). The molecule has 2 aromatic rings. The first-order chi connectivity index (χ1) is 18.2. The molecule has 0 fully saturated rings. The van der Waals surface area contributed by atoms with Gasteiger partial charge in [-0.15, -0.1) is 5.10 Å². The summed E-state index contributed by atoms with van der Waals surface area (Å²) in [6, 6.07) is 6.09. The van der Waals surface area contributed by atoms with Crippen molar-refractivity contribution in [2.75, 3.05) is 6.79 Å². The summed E-state index contributed by atoms with van der Waals surface area (Å²) in [6.07, 6.45) is 2.39. The molecule has 1 aliphatic rings. The first-order valence-corrected chi connectivity index (χ1v) is 12.3. The van der Waals surface area contributed by atoms with Crippen molar-refractivity contribution in [3.63, 3.8) is 0 Å². The number of nitrogens with zero attached hydrogens (tertiary/aromatic N) is 3. The Bertz CT molecular complexity index is 1200. The minimum atomic E-state index is -1.72. The summed E-state index contributed by atoms with van der Waals surface area (Å²) in [5.41, 5.74) is 1.68. The number of carbonyl (C=O) groups is 3. The van der Waals surface area contributed by atoms with Gasteiger partial charge in [-0.1, -0.05) is 53.7 Å². The molecule has 13 heteroatoms. The van der Waals surface area contributed by atoms with Crippen LogP contribution in [0.15, 0.2) is 47.6 Å². The van der Waals surface area contributed by atoms with Crippen molar-refractivity contribution in [1.82, 2.24) is 20.5 Å². The average molecular weight is 551 g/mol. The Labute approximate surface area is 222 Å². The van der Waals surface area contributed by atoms with Crippen LogP contribution < -0.4 is 10.2 Å². The summed E-state index contributed by atoms with van der Waals surface area (Å²) in [5, 5.41) is 29.5. The summed E-state index contributed by atoms with van der Waals surface area (Å²) in [4.78, 5) is 41.3. The molecule has 0 aliphatic heterocycles. The fraction of sp³-hybridized carbons (Fsp3) is 0.400. The van der Waals surface area contributed by atoms with E-state index in [1.807, 2.05) is 6.92 Å². The van der Waals surface area contributed by atoms with Gasteiger partial charge < -0.3 is 25.1 Å². The highest BCUT2D eigenvalue weighted by Gasteiger charge is 2.24. The summed E-state index contributed by atoms with van der Waals surface area (Å²) in [6.45, 7) is 1.40. The van der Waals surface area contributed by atoms with Crippen LogP contribution in [0.1, 0.15) is 54.2 Å². The van der Waals surface area contributed by atoms with Gasteiger partial charge in [-0.25, -0.2) is 9.18 Å². The number of halogens is 2. The smallest absolute Gasteiger partial charge is 0.332 e. The van der Waals surface area contributed by atoms with Gasteiger partial charge in [0.1, 0.15) is 12.4 Å². The zero-order valence-corrected chi connectivity index (χ0v) is 21.3. The lowest BCUT2D eigenvalue weighted by atomic mass is 9.93. The van der Waals surface area contributed by atoms with Crippen LogP contribution in [-0.2, 0) is 20.7 Å². The van der Waals surface area contributed by atoms with Crippen LogP contribution in [0, 0.1) is 0 Å². The first kappa shape index (κ1) is 28.8. The first-order valence-electron chi connectivity index (χ1n) is 11.9. The second-order valence-corrected chi connectivity index (χ2v) is 9.01. The van der Waals surface area contributed by atoms with Crippen LogP contribution in [0.4, 0.5) is 4.39 Å². The van der Waals surface area contributed by atoms with Crippen molar-refractivity contribution < 1.29 is 38.6 Å². The van der Waals surface area contributed by atoms with Crippen molar-refractivity contribution in [3.05, 3.63) is 64.5 Å². The number of ether oxygens (including phenoxy) is 1. The standard InChI is InChI=1S/C25H28ClFN4O7/c1-2-3-23(33)37-14-38-31-13-21(29-30-31)24(34)28-18(12-22(32)25(35)36)10-15-4-6-16(7-5-15)19-11-17(26)8-9-20(19)27/h4-8,11,13,18,20,22,32H,2-3,9-10,12,14H2,1H3,(H,28,34)(H,35,36)/t18-,20?,22-/m1/s1. The van der Waals surface area contributed by atoms with Crippen molar-refractivity contribution in [1.29, 1.82) is 0 Å². The van der Waals surface area contributed by atoms with E-state index in [1.54, 1.807) is 36.4 Å². The third-order valence-corrected chi connectivity index (χ3v) is 5.88. The Balaban J connectivity index is 1.65. The normalized spacial score (nSPS) is 16.6. The quantitative estimate of drug-likeness (QED) is 0.252. The summed E-state index contributed by atoms with van der Waals surface area (Å²) < 4.78 is 19.2. The molecular formula is C25H28ClFN4O7. The number of allylic oxidation sites excluding steroid dienone is 4. The van der Waals surface area contributed by atoms with E-state index in [1.165, 1.54) is 0 Å². The van der Waals surface area contributed by atoms with Gasteiger partial charge in [0, 0.05) is 30.3 Å². The van der Waals surface area contributed by atoms with Crippen LogP contribution in [0.2, 0.25) is 0 Å². The lowest BCUT2D eigenvalue weighted by molar-refractivity contribution is -0.158. The third kappa shape index (κ3) is 8.38. The molecule has 1 aliphatic carbocycles. The summed E-state index contributed by atoms with van der Waals surface area (Å²) in [5.74, 6) is -2.56. The Morgan fingerprint density at radius 2 is 2.03 bits per heavy atom. The molecule has 1 amide bonds. The van der Waals surface area contributed by atoms with Crippen LogP contribution >= 0.6 is 11.6 Å². The van der Waals surface area contributed by atoms with E-state index in [4.69, 9.17) is 26.3 Å². The molecule has 11 nitrogen and oxygen atoms in total. The molecule has 1 aromatic heterocycles. The topological polar surface area (TPSA) is 153 Å². The van der Waals surface area contributed by atoms with Crippen molar-refractivity contribution >= 4 is 35.0 Å². The minimum absolute atomic E-state index is 0.141. The third-order valence-electron chi connectivity index (χ3n) is 5.61. The van der Waals surface area contributed by atoms with Gasteiger partial charge in [0.05, 0.1) is 0 Å². The Morgan fingerprint density at radius 1 is 1.29 bits per heavy atom. The second-order valence-electron chi connectivity index (χ2n) is 8.57. The number of benzene rings is 1. The van der Waals surface area contributed by atoms with Crippen LogP contribution in [0.5, 0.6) is 0 Å². The Kier molecular flexibility index (Phi) is 10.4. The zero-order valence-electron chi connectivity index (χ0n) is 20.5. The number of nitrogens with one attached hydrogen (secondary N) is 1. The molecule has 0 bridgehead atoms. The van der Waals surface area contributed by atoms with Crippen LogP contribution in [0.3, 0.4) is 0 Å². The van der Waals surface area contributed by atoms with E-state index in [-0.39, 0.29) is 31.4 Å². The largest absolute Gasteiger partial charge is 0.479 e. The number of carbonyl (C=O) groups excluding carboxylic acids is 2. The highest BCUT2D eigenvalue weighted by atomic mass is 35.5. The maximum atomic E-state index is 14.3. The van der Waals surface area contributed by atoms with Gasteiger partial charge >= 0.3 is 11.9 Å². The lowest BCUT2D eigenvalue weighted by Crippen LogP contribution is -2.40. The number of rotatable bonds is 13. The average Bonchev–Trinajstić information content (AvgIpc) is 3.35. The number of hydrogen-bond donors (Lipinski definition) is 3. The maximum Gasteiger partial charge on any atom is 0.332 e. The van der Waals surface area contributed by atoms with Crippen LogP contribution in [-0.4, -0.2) is 68.3 Å². The molecule has 3 atom stereocenters. The van der Waals surface area contributed by atoms with Gasteiger partial charge in [0.25, 0.3) is 12.7 Å². The summed E-state index contributed by atoms with van der Waals surface area (Å²) >= 11 is 6.02. The highest BCUT2D eigenvalue weighted by molar-refractivity contribution is 6.31. The van der Waals surface area contributed by atoms with Gasteiger partial charge in [0.2, 0.25) is 0 Å². The van der Waals surface area contributed by atoms with Gasteiger partial charge in [-0.2, -0.15) is 0 Å². The van der Waals surface area contributed by atoms with Crippen molar-refractivity contribution in [2.45, 2.75) is 57.3 Å². The number of aliphatic hydroxyl groups excluding tert-OH is 1. The van der Waals surface area contributed by atoms with Crippen LogP contribution in [0.25, 0.3) is 5.57 Å². The maximum absolute atomic E-state index is 14.3. The molecule has 204 valence electrons. The molecule has 3 N–H and O–H groups in total. The fourth-order valence-electron chi connectivity index (χ4n) is 3.68. The molecule has 1 aromatic carbocycles. The predicted octanol–water partition coefficient (Wildman–Crippen LogP) is 2.43. The highest BCUT2D eigenvalue weighted by Crippen LogP contribution is 2.30. The minimum Gasteiger partial charge on any atom is -0.479 e. The van der Waals surface area contributed by atoms with Gasteiger partial charge in [-0.05, 0) is 40.8 Å². The lowest BCUT2D eigenvalue weighted by Gasteiger charge is -2.20. The van der Waals surface area contributed by atoms with Crippen molar-refractivity contribution in [3.8, 4) is 0 Å². The SMILES string of the molecule is CCCC(=O)OCOn1cc(C(=O)N[C@H](Cc2ccc(C3=CC(Cl)=CCC3F)cc2)C[C@@H](O)C(=O)O)nn1. The molecule has 38 heavy (non-hydrogen) atoms. The molecule has 0 saturated carbocycles. The Morgan fingerprint density at radius 3 is 2.71 bits per heavy atom.